The van der Waals surface area contributed by atoms with E-state index in [0.717, 1.165) is 36.8 Å². The molecule has 1 aliphatic rings. The molecule has 1 amide bonds. The smallest absolute Gasteiger partial charge is 0.246 e. The number of rotatable bonds is 13. The minimum Gasteiger partial charge on any atom is -0.502 e. The van der Waals surface area contributed by atoms with Gasteiger partial charge in [-0.15, -0.1) is 0 Å². The number of ether oxygens (including phenoxy) is 2. The molecule has 1 atom stereocenters. The van der Waals surface area contributed by atoms with E-state index >= 15 is 0 Å². The lowest BCUT2D eigenvalue weighted by Gasteiger charge is -2.35. The fraction of sp³-hybridized carbons (Fsp3) is 0.516. The Morgan fingerprint density at radius 3 is 1.92 bits per heavy atom. The molecule has 7 nitrogen and oxygen atoms in total. The highest BCUT2D eigenvalue weighted by Crippen LogP contribution is 2.40. The van der Waals surface area contributed by atoms with Gasteiger partial charge in [0, 0.05) is 43.8 Å². The largest absolute Gasteiger partial charge is 0.502 e. The van der Waals surface area contributed by atoms with Crippen molar-refractivity contribution in [2.45, 2.75) is 71.7 Å². The number of hydrogen-bond acceptors (Lipinski definition) is 6. The van der Waals surface area contributed by atoms with Crippen LogP contribution in [-0.2, 0) is 4.79 Å². The summed E-state index contributed by atoms with van der Waals surface area (Å²) in [6.45, 7) is 11.2. The van der Waals surface area contributed by atoms with Crippen molar-refractivity contribution < 1.29 is 24.5 Å². The molecule has 0 saturated carbocycles. The third-order valence-corrected chi connectivity index (χ3v) is 7.51. The summed E-state index contributed by atoms with van der Waals surface area (Å²) < 4.78 is 12.2. The maximum atomic E-state index is 13.0. The van der Waals surface area contributed by atoms with E-state index in [0.29, 0.717) is 49.2 Å². The molecule has 3 rings (SSSR count). The number of nitrogens with zero attached hydrogens (tertiary/aromatic N) is 2. The number of β-amino-alcohol motifs (C(OH)–C–C–N with tert-alkyl or cyclic N) is 1. The molecule has 1 aliphatic heterocycles. The van der Waals surface area contributed by atoms with E-state index in [9.17, 15) is 15.0 Å². The summed E-state index contributed by atoms with van der Waals surface area (Å²) in [7, 11) is 0. The standard InChI is InChI=1S/C31H43ClN2O5/c1-5-25(6-2)38-28-19-22(20-29(31(28)37)39-26(7-3)8-4)9-14-30(36)34-17-15-33(16-18-34)21-27(35)23-10-12-24(32)13-11-23/h9-14,19-20,25-27,35,37H,5-8,15-18,21H2,1-4H3/b14-9+. The third kappa shape index (κ3) is 8.88. The van der Waals surface area contributed by atoms with Crippen LogP contribution in [0, 0.1) is 0 Å². The minimum atomic E-state index is -0.605. The molecule has 8 heteroatoms. The Balaban J connectivity index is 1.65. The maximum Gasteiger partial charge on any atom is 0.246 e. The van der Waals surface area contributed by atoms with Crippen molar-refractivity contribution in [3.05, 3.63) is 58.6 Å². The van der Waals surface area contributed by atoms with E-state index in [1.54, 1.807) is 36.4 Å². The number of halogens is 1. The molecule has 2 N–H and O–H groups in total. The normalized spacial score (nSPS) is 15.3. The quantitative estimate of drug-likeness (QED) is 0.290. The van der Waals surface area contributed by atoms with Gasteiger partial charge in [-0.2, -0.15) is 0 Å². The Morgan fingerprint density at radius 2 is 1.44 bits per heavy atom. The number of benzene rings is 2. The van der Waals surface area contributed by atoms with Crippen molar-refractivity contribution in [2.75, 3.05) is 32.7 Å². The molecule has 2 aromatic carbocycles. The number of carbonyl (C=O) groups excluding carboxylic acids is 1. The SMILES string of the molecule is CCC(CC)Oc1cc(/C=C/C(=O)N2CCN(CC(O)c3ccc(Cl)cc3)CC2)cc(OC(CC)CC)c1O. The lowest BCUT2D eigenvalue weighted by Crippen LogP contribution is -2.49. The first-order valence-corrected chi connectivity index (χ1v) is 14.5. The van der Waals surface area contributed by atoms with Gasteiger partial charge in [0.25, 0.3) is 0 Å². The van der Waals surface area contributed by atoms with Crippen LogP contribution in [0.2, 0.25) is 5.02 Å². The van der Waals surface area contributed by atoms with Crippen molar-refractivity contribution in [1.82, 2.24) is 9.80 Å². The first-order chi connectivity index (χ1) is 18.8. The predicted octanol–water partition coefficient (Wildman–Crippen LogP) is 6.07. The Morgan fingerprint density at radius 1 is 0.923 bits per heavy atom. The summed E-state index contributed by atoms with van der Waals surface area (Å²) in [6, 6.07) is 10.7. The number of hydrogen-bond donors (Lipinski definition) is 2. The molecular weight excluding hydrogens is 516 g/mol. The van der Waals surface area contributed by atoms with Crippen LogP contribution in [0.1, 0.15) is 70.6 Å². The number of amides is 1. The van der Waals surface area contributed by atoms with Crippen molar-refractivity contribution >= 4 is 23.6 Å². The Hall–Kier alpha value is -2.74. The lowest BCUT2D eigenvalue weighted by atomic mass is 10.1. The maximum absolute atomic E-state index is 13.0. The van der Waals surface area contributed by atoms with Crippen molar-refractivity contribution in [2.24, 2.45) is 0 Å². The number of piperazine rings is 1. The van der Waals surface area contributed by atoms with Gasteiger partial charge in [0.2, 0.25) is 11.7 Å². The van der Waals surface area contributed by atoms with Crippen molar-refractivity contribution in [1.29, 1.82) is 0 Å². The molecule has 39 heavy (non-hydrogen) atoms. The Bertz CT molecular complexity index is 1040. The molecule has 214 valence electrons. The zero-order chi connectivity index (χ0) is 28.4. The first kappa shape index (κ1) is 30.8. The number of aromatic hydroxyl groups is 1. The van der Waals surface area contributed by atoms with E-state index in [4.69, 9.17) is 21.1 Å². The van der Waals surface area contributed by atoms with Crippen LogP contribution in [0.5, 0.6) is 17.2 Å². The van der Waals surface area contributed by atoms with E-state index in [1.165, 1.54) is 0 Å². The van der Waals surface area contributed by atoms with Gasteiger partial charge in [0.15, 0.2) is 11.5 Å². The van der Waals surface area contributed by atoms with Gasteiger partial charge in [0.05, 0.1) is 18.3 Å². The molecule has 0 bridgehead atoms. The highest BCUT2D eigenvalue weighted by Gasteiger charge is 2.22. The van der Waals surface area contributed by atoms with Gasteiger partial charge in [-0.3, -0.25) is 9.69 Å². The van der Waals surface area contributed by atoms with E-state index in [1.807, 2.05) is 44.7 Å². The second-order valence-corrected chi connectivity index (χ2v) is 10.4. The Kier molecular flexibility index (Phi) is 12.0. The number of aliphatic hydroxyl groups excluding tert-OH is 1. The van der Waals surface area contributed by atoms with Crippen LogP contribution in [0.3, 0.4) is 0 Å². The van der Waals surface area contributed by atoms with Gasteiger partial charge >= 0.3 is 0 Å². The molecule has 1 unspecified atom stereocenters. The summed E-state index contributed by atoms with van der Waals surface area (Å²) in [6.07, 6.45) is 5.94. The second-order valence-electron chi connectivity index (χ2n) is 10.0. The van der Waals surface area contributed by atoms with E-state index in [2.05, 4.69) is 4.90 Å². The van der Waals surface area contributed by atoms with Crippen LogP contribution in [0.4, 0.5) is 0 Å². The van der Waals surface area contributed by atoms with Crippen LogP contribution in [0.25, 0.3) is 6.08 Å². The molecular formula is C31H43ClN2O5. The van der Waals surface area contributed by atoms with Crippen molar-refractivity contribution in [3.8, 4) is 17.2 Å². The van der Waals surface area contributed by atoms with Crippen molar-refractivity contribution in [3.63, 3.8) is 0 Å². The highest BCUT2D eigenvalue weighted by molar-refractivity contribution is 6.30. The van der Waals surface area contributed by atoms with Gasteiger partial charge in [-0.05, 0) is 67.2 Å². The van der Waals surface area contributed by atoms with E-state index in [-0.39, 0.29) is 23.9 Å². The third-order valence-electron chi connectivity index (χ3n) is 7.26. The molecule has 2 aromatic rings. The average Bonchev–Trinajstić information content (AvgIpc) is 2.95. The zero-order valence-electron chi connectivity index (χ0n) is 23.6. The molecule has 0 spiro atoms. The summed E-state index contributed by atoms with van der Waals surface area (Å²) >= 11 is 5.95. The number of aliphatic hydroxyl groups is 1. The van der Waals surface area contributed by atoms with E-state index < -0.39 is 6.10 Å². The van der Waals surface area contributed by atoms with Crippen LogP contribution >= 0.6 is 11.6 Å². The second kappa shape index (κ2) is 15.2. The Labute approximate surface area is 238 Å². The van der Waals surface area contributed by atoms with Gasteiger partial charge in [-0.1, -0.05) is 51.4 Å². The number of carbonyl (C=O) groups is 1. The predicted molar refractivity (Wildman–Crippen MR) is 157 cm³/mol. The molecule has 1 fully saturated rings. The van der Waals surface area contributed by atoms with Gasteiger partial charge in [0.1, 0.15) is 0 Å². The summed E-state index contributed by atoms with van der Waals surface area (Å²) in [4.78, 5) is 17.0. The van der Waals surface area contributed by atoms with Gasteiger partial charge in [-0.25, -0.2) is 0 Å². The summed E-state index contributed by atoms with van der Waals surface area (Å²) in [5.74, 6) is 0.652. The first-order valence-electron chi connectivity index (χ1n) is 14.1. The average molecular weight is 559 g/mol. The molecule has 0 radical (unpaired) electrons. The van der Waals surface area contributed by atoms with Crippen LogP contribution in [-0.4, -0.2) is 70.9 Å². The number of phenols is 1. The topological polar surface area (TPSA) is 82.5 Å². The fourth-order valence-corrected chi connectivity index (χ4v) is 4.73. The minimum absolute atomic E-state index is 0.00538. The fourth-order valence-electron chi connectivity index (χ4n) is 4.61. The summed E-state index contributed by atoms with van der Waals surface area (Å²) in [5.41, 5.74) is 1.56. The molecule has 1 heterocycles. The van der Waals surface area contributed by atoms with Crippen LogP contribution < -0.4 is 9.47 Å². The lowest BCUT2D eigenvalue weighted by molar-refractivity contribution is -0.127. The van der Waals surface area contributed by atoms with Crippen LogP contribution in [0.15, 0.2) is 42.5 Å². The zero-order valence-corrected chi connectivity index (χ0v) is 24.4. The number of phenolic OH excluding ortho intramolecular Hbond substituents is 1. The summed E-state index contributed by atoms with van der Waals surface area (Å²) in [5, 5.41) is 22.1. The van der Waals surface area contributed by atoms with Gasteiger partial charge < -0.3 is 24.6 Å². The molecule has 0 aliphatic carbocycles. The molecule has 0 aromatic heterocycles. The monoisotopic (exact) mass is 558 g/mol. The highest BCUT2D eigenvalue weighted by atomic mass is 35.5. The molecule has 1 saturated heterocycles.